The first-order chi connectivity index (χ1) is 12.9. The van der Waals surface area contributed by atoms with Crippen LogP contribution in [0.15, 0.2) is 0 Å². The van der Waals surface area contributed by atoms with Gasteiger partial charge in [0.2, 0.25) is 5.91 Å². The van der Waals surface area contributed by atoms with E-state index >= 15 is 0 Å². The number of carboxylic acid groups (broad SMARTS) is 1. The molecule has 3 aliphatic rings. The zero-order chi connectivity index (χ0) is 19.8. The van der Waals surface area contributed by atoms with Crippen LogP contribution in [-0.2, 0) is 14.3 Å². The second-order valence-corrected chi connectivity index (χ2v) is 8.32. The molecule has 148 valence electrons. The maximum atomic E-state index is 13.1. The molecular weight excluding hydrogens is 370 g/mol. The van der Waals surface area contributed by atoms with Crippen molar-refractivity contribution in [1.82, 2.24) is 14.8 Å². The number of carbonyl (C=O) groups excluding carboxylic acids is 2. The molecule has 0 aromatic carbocycles. The van der Waals surface area contributed by atoms with E-state index in [4.69, 9.17) is 14.6 Å². The average Bonchev–Trinajstić information content (AvgIpc) is 3.25. The average molecular weight is 395 g/mol. The molecule has 0 saturated carbocycles. The Morgan fingerprint density at radius 2 is 2.15 bits per heavy atom. The van der Waals surface area contributed by atoms with E-state index in [-0.39, 0.29) is 24.3 Å². The molecule has 1 aromatic heterocycles. The third-order valence-corrected chi connectivity index (χ3v) is 6.82. The van der Waals surface area contributed by atoms with Gasteiger partial charge in [0.05, 0.1) is 29.8 Å². The molecule has 0 aliphatic carbocycles. The summed E-state index contributed by atoms with van der Waals surface area (Å²) in [6.45, 7) is 7.86. The maximum Gasteiger partial charge on any atom is 0.290 e. The summed E-state index contributed by atoms with van der Waals surface area (Å²) in [4.78, 5) is 42.9. The summed E-state index contributed by atoms with van der Waals surface area (Å²) in [5.74, 6) is 0.425. The lowest BCUT2D eigenvalue weighted by Crippen LogP contribution is -2.56. The standard InChI is InChI=1S/C17H23N3O3S.CH2O2/c1-10(2)15-18-11(3)14(24-15)16(22)19-7-5-17-12(19)9-13(21)20(17)6-4-8-23-17;2-1-3/h10,12H,4-9H2,1-3H3;1H,(H,2,3)/t12-,17+;/m1./s1. The van der Waals surface area contributed by atoms with Gasteiger partial charge in [0, 0.05) is 25.4 Å². The fourth-order valence-corrected chi connectivity index (χ4v) is 5.21. The molecule has 4 heterocycles. The largest absolute Gasteiger partial charge is 0.483 e. The third kappa shape index (κ3) is 3.23. The van der Waals surface area contributed by atoms with Crippen LogP contribution in [0.25, 0.3) is 0 Å². The van der Waals surface area contributed by atoms with E-state index < -0.39 is 5.72 Å². The SMILES string of the molecule is Cc1nc(C(C)C)sc1C(=O)N1CC[C@@]23OCCCN2C(=O)C[C@@H]13.O=CO. The number of likely N-dealkylation sites (tertiary alicyclic amines) is 1. The molecule has 1 spiro atoms. The van der Waals surface area contributed by atoms with Crippen LogP contribution in [0.5, 0.6) is 0 Å². The second kappa shape index (κ2) is 7.55. The van der Waals surface area contributed by atoms with Crippen LogP contribution in [0.1, 0.15) is 59.4 Å². The number of aryl methyl sites for hydroxylation is 1. The second-order valence-electron chi connectivity index (χ2n) is 7.29. The number of ether oxygens (including phenoxy) is 1. The van der Waals surface area contributed by atoms with Gasteiger partial charge in [0.1, 0.15) is 4.88 Å². The minimum absolute atomic E-state index is 0.00241. The van der Waals surface area contributed by atoms with Gasteiger partial charge in [-0.1, -0.05) is 13.8 Å². The van der Waals surface area contributed by atoms with Crippen LogP contribution in [-0.4, -0.2) is 69.6 Å². The molecule has 0 unspecified atom stereocenters. The van der Waals surface area contributed by atoms with Crippen molar-refractivity contribution in [2.45, 2.75) is 57.7 Å². The van der Waals surface area contributed by atoms with Crippen molar-refractivity contribution in [1.29, 1.82) is 0 Å². The minimum atomic E-state index is -0.579. The van der Waals surface area contributed by atoms with Crippen molar-refractivity contribution in [2.24, 2.45) is 0 Å². The summed E-state index contributed by atoms with van der Waals surface area (Å²) in [6, 6.07) is -0.165. The fraction of sp³-hybridized carbons (Fsp3) is 0.667. The van der Waals surface area contributed by atoms with Gasteiger partial charge in [-0.2, -0.15) is 0 Å². The highest BCUT2D eigenvalue weighted by molar-refractivity contribution is 7.13. The molecule has 0 bridgehead atoms. The molecule has 2 amide bonds. The van der Waals surface area contributed by atoms with Crippen molar-refractivity contribution in [3.63, 3.8) is 0 Å². The summed E-state index contributed by atoms with van der Waals surface area (Å²) in [6.07, 6.45) is 1.96. The number of nitrogens with zero attached hydrogens (tertiary/aromatic N) is 3. The Labute approximate surface area is 162 Å². The van der Waals surface area contributed by atoms with E-state index in [0.29, 0.717) is 36.8 Å². The predicted molar refractivity (Wildman–Crippen MR) is 98.7 cm³/mol. The van der Waals surface area contributed by atoms with E-state index in [1.165, 1.54) is 11.3 Å². The number of aromatic nitrogens is 1. The lowest BCUT2D eigenvalue weighted by atomic mass is 10.0. The first-order valence-electron chi connectivity index (χ1n) is 9.16. The Morgan fingerprint density at radius 3 is 2.78 bits per heavy atom. The first-order valence-corrected chi connectivity index (χ1v) is 9.98. The number of hydrogen-bond donors (Lipinski definition) is 1. The van der Waals surface area contributed by atoms with E-state index in [9.17, 15) is 9.59 Å². The van der Waals surface area contributed by atoms with Gasteiger partial charge >= 0.3 is 0 Å². The van der Waals surface area contributed by atoms with Gasteiger partial charge in [-0.05, 0) is 13.3 Å². The molecule has 4 rings (SSSR count). The quantitative estimate of drug-likeness (QED) is 0.767. The van der Waals surface area contributed by atoms with Gasteiger partial charge in [0.25, 0.3) is 12.4 Å². The van der Waals surface area contributed by atoms with Crippen molar-refractivity contribution in [2.75, 3.05) is 19.7 Å². The number of thiazole rings is 1. The van der Waals surface area contributed by atoms with Crippen LogP contribution >= 0.6 is 11.3 Å². The lowest BCUT2D eigenvalue weighted by molar-refractivity contribution is -0.179. The molecule has 1 aromatic rings. The number of hydrogen-bond acceptors (Lipinski definition) is 6. The fourth-order valence-electron chi connectivity index (χ4n) is 4.19. The van der Waals surface area contributed by atoms with Gasteiger partial charge < -0.3 is 19.6 Å². The van der Waals surface area contributed by atoms with Crippen molar-refractivity contribution >= 4 is 29.6 Å². The normalized spacial score (nSPS) is 26.5. The highest BCUT2D eigenvalue weighted by atomic mass is 32.1. The van der Waals surface area contributed by atoms with E-state index in [2.05, 4.69) is 18.8 Å². The van der Waals surface area contributed by atoms with E-state index in [1.807, 2.05) is 16.7 Å². The Hall–Kier alpha value is -2.00. The van der Waals surface area contributed by atoms with Gasteiger partial charge in [-0.15, -0.1) is 11.3 Å². The molecule has 0 radical (unpaired) electrons. The van der Waals surface area contributed by atoms with E-state index in [1.54, 1.807) is 0 Å². The van der Waals surface area contributed by atoms with Crippen molar-refractivity contribution < 1.29 is 24.2 Å². The molecule has 3 aliphatic heterocycles. The molecule has 1 N–H and O–H groups in total. The van der Waals surface area contributed by atoms with Crippen LogP contribution in [0, 0.1) is 6.92 Å². The smallest absolute Gasteiger partial charge is 0.290 e. The zero-order valence-electron chi connectivity index (χ0n) is 15.8. The van der Waals surface area contributed by atoms with Gasteiger partial charge in [0.15, 0.2) is 5.72 Å². The Morgan fingerprint density at radius 1 is 1.44 bits per heavy atom. The predicted octanol–water partition coefficient (Wildman–Crippen LogP) is 1.84. The molecule has 3 fully saturated rings. The summed E-state index contributed by atoms with van der Waals surface area (Å²) >= 11 is 1.48. The molecule has 27 heavy (non-hydrogen) atoms. The van der Waals surface area contributed by atoms with Gasteiger partial charge in [-0.3, -0.25) is 14.4 Å². The minimum Gasteiger partial charge on any atom is -0.483 e. The summed E-state index contributed by atoms with van der Waals surface area (Å²) in [5.41, 5.74) is 0.213. The molecule has 2 atom stereocenters. The molecule has 8 nitrogen and oxygen atoms in total. The summed E-state index contributed by atoms with van der Waals surface area (Å²) in [5, 5.41) is 7.88. The van der Waals surface area contributed by atoms with Crippen molar-refractivity contribution in [3.05, 3.63) is 15.6 Å². The third-order valence-electron chi connectivity index (χ3n) is 5.37. The summed E-state index contributed by atoms with van der Waals surface area (Å²) in [7, 11) is 0. The topological polar surface area (TPSA) is 100 Å². The van der Waals surface area contributed by atoms with Gasteiger partial charge in [-0.25, -0.2) is 4.98 Å². The zero-order valence-corrected chi connectivity index (χ0v) is 16.6. The Bertz CT molecular complexity index is 749. The molecule has 3 saturated heterocycles. The Balaban J connectivity index is 0.000000659. The lowest BCUT2D eigenvalue weighted by Gasteiger charge is -2.42. The van der Waals surface area contributed by atoms with Crippen molar-refractivity contribution in [3.8, 4) is 0 Å². The number of amides is 2. The highest BCUT2D eigenvalue weighted by Gasteiger charge is 2.61. The van der Waals surface area contributed by atoms with Crippen LogP contribution in [0.2, 0.25) is 0 Å². The van der Waals surface area contributed by atoms with Crippen LogP contribution in [0.4, 0.5) is 0 Å². The van der Waals surface area contributed by atoms with E-state index in [0.717, 1.165) is 23.7 Å². The first kappa shape index (κ1) is 19.8. The Kier molecular flexibility index (Phi) is 5.53. The van der Waals surface area contributed by atoms with Crippen LogP contribution < -0.4 is 0 Å². The molecule has 9 heteroatoms. The highest BCUT2D eigenvalue weighted by Crippen LogP contribution is 2.45. The van der Waals surface area contributed by atoms with Crippen LogP contribution in [0.3, 0.4) is 0 Å². The number of carbonyl (C=O) groups is 3. The summed E-state index contributed by atoms with van der Waals surface area (Å²) < 4.78 is 6.07. The maximum absolute atomic E-state index is 13.1. The molecular formula is C18H25N3O5S. The monoisotopic (exact) mass is 395 g/mol. The number of rotatable bonds is 2.